The van der Waals surface area contributed by atoms with Crippen LogP contribution in [0.15, 0.2) is 48.5 Å². The number of likely N-dealkylation sites (N-methyl/N-ethyl adjacent to an activating group) is 1. The molecule has 150 valence electrons. The van der Waals surface area contributed by atoms with E-state index in [9.17, 15) is 9.50 Å². The molecule has 1 aliphatic rings. The summed E-state index contributed by atoms with van der Waals surface area (Å²) in [7, 11) is 2.13. The fraction of sp³-hybridized carbons (Fsp3) is 0.304. The normalized spacial score (nSPS) is 17.3. The number of nitrogens with one attached hydrogen (secondary N) is 1. The van der Waals surface area contributed by atoms with Crippen LogP contribution in [-0.4, -0.2) is 46.4 Å². The maximum Gasteiger partial charge on any atom is 0.149 e. The van der Waals surface area contributed by atoms with E-state index in [1.165, 1.54) is 18.6 Å². The van der Waals surface area contributed by atoms with Crippen molar-refractivity contribution in [2.24, 2.45) is 0 Å². The van der Waals surface area contributed by atoms with E-state index in [1.54, 1.807) is 18.2 Å². The van der Waals surface area contributed by atoms with Gasteiger partial charge in [-0.15, -0.1) is 10.2 Å². The summed E-state index contributed by atoms with van der Waals surface area (Å²) in [5, 5.41) is 22.8. The topological polar surface area (TPSA) is 61.3 Å². The largest absolute Gasteiger partial charge is 0.507 e. The number of anilines is 1. The van der Waals surface area contributed by atoms with Gasteiger partial charge in [0, 0.05) is 18.2 Å². The number of benzene rings is 2. The number of hydrogen-bond donors (Lipinski definition) is 2. The second-order valence-corrected chi connectivity index (χ2v) is 7.75. The molecule has 0 spiro atoms. The molecule has 2 aromatic carbocycles. The molecule has 0 radical (unpaired) electrons. The standard InChI is InChI=1S/C23H25FN4O/c1-15-12-22(25-19-4-3-11-28(2)14-19)26-27-23(15)20-10-7-17(13-21(20)29)16-5-8-18(24)9-6-16/h5-10,12-13,19,29H,3-4,11,14H2,1-2H3,(H,25,26)/t19-/m1/s1. The Labute approximate surface area is 170 Å². The SMILES string of the molecule is Cc1cc(N[C@@H]2CCCN(C)C2)nnc1-c1ccc(-c2ccc(F)cc2)cc1O. The van der Waals surface area contributed by atoms with E-state index < -0.39 is 0 Å². The Morgan fingerprint density at radius 3 is 2.52 bits per heavy atom. The van der Waals surface area contributed by atoms with Crippen LogP contribution in [0.4, 0.5) is 10.2 Å². The molecule has 0 aliphatic carbocycles. The molecule has 2 heterocycles. The number of aromatic hydroxyl groups is 1. The van der Waals surface area contributed by atoms with E-state index >= 15 is 0 Å². The highest BCUT2D eigenvalue weighted by Crippen LogP contribution is 2.34. The van der Waals surface area contributed by atoms with Crippen molar-refractivity contribution in [3.05, 3.63) is 59.9 Å². The van der Waals surface area contributed by atoms with E-state index in [0.29, 0.717) is 17.3 Å². The van der Waals surface area contributed by atoms with Gasteiger partial charge in [0.15, 0.2) is 0 Å². The minimum absolute atomic E-state index is 0.124. The molecule has 4 rings (SSSR count). The first-order valence-electron chi connectivity index (χ1n) is 9.88. The minimum Gasteiger partial charge on any atom is -0.507 e. The molecule has 6 heteroatoms. The molecular formula is C23H25FN4O. The zero-order valence-corrected chi connectivity index (χ0v) is 16.7. The lowest BCUT2D eigenvalue weighted by Gasteiger charge is -2.30. The third-order valence-corrected chi connectivity index (χ3v) is 5.39. The summed E-state index contributed by atoms with van der Waals surface area (Å²) >= 11 is 0. The van der Waals surface area contributed by atoms with Gasteiger partial charge in [-0.05, 0) is 80.4 Å². The Kier molecular flexibility index (Phi) is 5.45. The maximum atomic E-state index is 13.1. The van der Waals surface area contributed by atoms with Gasteiger partial charge in [-0.3, -0.25) is 0 Å². The third kappa shape index (κ3) is 4.38. The molecule has 0 bridgehead atoms. The summed E-state index contributed by atoms with van der Waals surface area (Å²) in [5.74, 6) is 0.599. The first kappa shape index (κ1) is 19.3. The molecule has 1 fully saturated rings. The van der Waals surface area contributed by atoms with E-state index in [-0.39, 0.29) is 11.6 Å². The summed E-state index contributed by atoms with van der Waals surface area (Å²) in [5.41, 5.74) is 3.88. The lowest BCUT2D eigenvalue weighted by atomic mass is 10.00. The fourth-order valence-electron chi connectivity index (χ4n) is 3.87. The van der Waals surface area contributed by atoms with E-state index in [4.69, 9.17) is 0 Å². The van der Waals surface area contributed by atoms with Crippen LogP contribution in [0.3, 0.4) is 0 Å². The van der Waals surface area contributed by atoms with Gasteiger partial charge < -0.3 is 15.3 Å². The van der Waals surface area contributed by atoms with Crippen molar-refractivity contribution >= 4 is 5.82 Å². The summed E-state index contributed by atoms with van der Waals surface area (Å²) in [6.07, 6.45) is 2.30. The Hall–Kier alpha value is -2.99. The highest BCUT2D eigenvalue weighted by atomic mass is 19.1. The number of likely N-dealkylation sites (tertiary alicyclic amines) is 1. The Bertz CT molecular complexity index is 1010. The number of rotatable bonds is 4. The van der Waals surface area contributed by atoms with Gasteiger partial charge in [0.2, 0.25) is 0 Å². The molecule has 0 amide bonds. The fourth-order valence-corrected chi connectivity index (χ4v) is 3.87. The van der Waals surface area contributed by atoms with Crippen molar-refractivity contribution in [1.82, 2.24) is 15.1 Å². The number of nitrogens with zero attached hydrogens (tertiary/aromatic N) is 3. The van der Waals surface area contributed by atoms with Crippen LogP contribution in [0.1, 0.15) is 18.4 Å². The molecule has 3 aromatic rings. The highest BCUT2D eigenvalue weighted by molar-refractivity contribution is 5.75. The predicted molar refractivity (Wildman–Crippen MR) is 113 cm³/mol. The van der Waals surface area contributed by atoms with Crippen LogP contribution in [0.2, 0.25) is 0 Å². The Morgan fingerprint density at radius 1 is 1.07 bits per heavy atom. The number of halogens is 1. The quantitative estimate of drug-likeness (QED) is 0.686. The van der Waals surface area contributed by atoms with Gasteiger partial charge in [-0.25, -0.2) is 4.39 Å². The molecule has 5 nitrogen and oxygen atoms in total. The van der Waals surface area contributed by atoms with Crippen LogP contribution in [-0.2, 0) is 0 Å². The van der Waals surface area contributed by atoms with Crippen molar-refractivity contribution < 1.29 is 9.50 Å². The van der Waals surface area contributed by atoms with Crippen molar-refractivity contribution in [3.63, 3.8) is 0 Å². The first-order valence-corrected chi connectivity index (χ1v) is 9.88. The molecular weight excluding hydrogens is 367 g/mol. The second-order valence-electron chi connectivity index (χ2n) is 7.75. The molecule has 1 aromatic heterocycles. The van der Waals surface area contributed by atoms with Gasteiger partial charge in [-0.2, -0.15) is 0 Å². The number of aryl methyl sites for hydroxylation is 1. The molecule has 1 atom stereocenters. The first-order chi connectivity index (χ1) is 14.0. The zero-order valence-electron chi connectivity index (χ0n) is 16.7. The number of phenols is 1. The molecule has 0 saturated carbocycles. The average Bonchev–Trinajstić information content (AvgIpc) is 2.69. The van der Waals surface area contributed by atoms with Gasteiger partial charge in [0.1, 0.15) is 17.4 Å². The van der Waals surface area contributed by atoms with E-state index in [1.807, 2.05) is 25.1 Å². The molecule has 1 saturated heterocycles. The minimum atomic E-state index is -0.283. The van der Waals surface area contributed by atoms with Crippen LogP contribution >= 0.6 is 0 Å². The van der Waals surface area contributed by atoms with Gasteiger partial charge >= 0.3 is 0 Å². The van der Waals surface area contributed by atoms with Gasteiger partial charge in [0.05, 0.1) is 5.69 Å². The molecule has 0 unspecified atom stereocenters. The van der Waals surface area contributed by atoms with Crippen LogP contribution in [0.5, 0.6) is 5.75 Å². The summed E-state index contributed by atoms with van der Waals surface area (Å²) in [6, 6.07) is 13.9. The smallest absolute Gasteiger partial charge is 0.149 e. The number of phenolic OH excluding ortho intramolecular Hbond substituents is 1. The highest BCUT2D eigenvalue weighted by Gasteiger charge is 2.18. The average molecular weight is 392 g/mol. The van der Waals surface area contributed by atoms with Crippen LogP contribution < -0.4 is 5.32 Å². The number of hydrogen-bond acceptors (Lipinski definition) is 5. The van der Waals surface area contributed by atoms with Crippen molar-refractivity contribution in [2.75, 3.05) is 25.5 Å². The summed E-state index contributed by atoms with van der Waals surface area (Å²) < 4.78 is 13.1. The Morgan fingerprint density at radius 2 is 1.83 bits per heavy atom. The van der Waals surface area contributed by atoms with Crippen molar-refractivity contribution in [2.45, 2.75) is 25.8 Å². The van der Waals surface area contributed by atoms with E-state index in [2.05, 4.69) is 27.5 Å². The van der Waals surface area contributed by atoms with Crippen molar-refractivity contribution in [3.8, 4) is 28.1 Å². The third-order valence-electron chi connectivity index (χ3n) is 5.39. The summed E-state index contributed by atoms with van der Waals surface area (Å²) in [4.78, 5) is 2.32. The Balaban J connectivity index is 1.55. The van der Waals surface area contributed by atoms with Gasteiger partial charge in [0.25, 0.3) is 0 Å². The lowest BCUT2D eigenvalue weighted by Crippen LogP contribution is -2.39. The van der Waals surface area contributed by atoms with E-state index in [0.717, 1.165) is 42.0 Å². The zero-order chi connectivity index (χ0) is 20.4. The molecule has 2 N–H and O–H groups in total. The molecule has 29 heavy (non-hydrogen) atoms. The van der Waals surface area contributed by atoms with Gasteiger partial charge in [-0.1, -0.05) is 18.2 Å². The lowest BCUT2D eigenvalue weighted by molar-refractivity contribution is 0.260. The van der Waals surface area contributed by atoms with Crippen molar-refractivity contribution in [1.29, 1.82) is 0 Å². The predicted octanol–water partition coefficient (Wildman–Crippen LogP) is 4.47. The van der Waals surface area contributed by atoms with Crippen LogP contribution in [0, 0.1) is 12.7 Å². The number of aromatic nitrogens is 2. The summed E-state index contributed by atoms with van der Waals surface area (Å²) in [6.45, 7) is 4.10. The maximum absolute atomic E-state index is 13.1. The number of piperidine rings is 1. The molecule has 1 aliphatic heterocycles. The monoisotopic (exact) mass is 392 g/mol. The van der Waals surface area contributed by atoms with Crippen LogP contribution in [0.25, 0.3) is 22.4 Å². The second kappa shape index (κ2) is 8.17.